The van der Waals surface area contributed by atoms with Crippen molar-refractivity contribution in [1.82, 2.24) is 10.2 Å². The molecule has 1 saturated heterocycles. The molecular weight excluding hydrogens is 258 g/mol. The second kappa shape index (κ2) is 6.47. The molecule has 1 aromatic carbocycles. The number of carbonyl (C=O) groups excluding carboxylic acids is 1. The van der Waals surface area contributed by atoms with Gasteiger partial charge in [-0.05, 0) is 38.9 Å². The fourth-order valence-electron chi connectivity index (χ4n) is 2.47. The summed E-state index contributed by atoms with van der Waals surface area (Å²) in [4.78, 5) is 24.7. The number of amides is 1. The Morgan fingerprint density at radius 2 is 2.05 bits per heavy atom. The third-order valence-electron chi connectivity index (χ3n) is 3.67. The van der Waals surface area contributed by atoms with Gasteiger partial charge in [0, 0.05) is 18.7 Å². The lowest BCUT2D eigenvalue weighted by atomic mass is 10.1. The van der Waals surface area contributed by atoms with Crippen LogP contribution in [0.5, 0.6) is 0 Å². The molecule has 1 aromatic rings. The van der Waals surface area contributed by atoms with Gasteiger partial charge < -0.3 is 5.32 Å². The van der Waals surface area contributed by atoms with Gasteiger partial charge in [-0.25, -0.2) is 0 Å². The molecule has 0 aliphatic carbocycles. The van der Waals surface area contributed by atoms with E-state index in [2.05, 4.69) is 17.1 Å². The molecule has 1 fully saturated rings. The average Bonchev–Trinajstić information content (AvgIpc) is 2.98. The van der Waals surface area contributed by atoms with Gasteiger partial charge in [0.1, 0.15) is 5.56 Å². The van der Waals surface area contributed by atoms with Crippen LogP contribution in [-0.4, -0.2) is 41.4 Å². The third kappa shape index (κ3) is 3.33. The van der Waals surface area contributed by atoms with E-state index >= 15 is 0 Å². The van der Waals surface area contributed by atoms with E-state index in [0.717, 1.165) is 13.1 Å². The van der Waals surface area contributed by atoms with Crippen LogP contribution in [0.1, 0.15) is 30.1 Å². The predicted octanol–water partition coefficient (Wildman–Crippen LogP) is 1.81. The highest BCUT2D eigenvalue weighted by Gasteiger charge is 2.21. The maximum Gasteiger partial charge on any atom is 0.282 e. The summed E-state index contributed by atoms with van der Waals surface area (Å²) in [6.07, 6.45) is 2.39. The number of hydrogen-bond donors (Lipinski definition) is 1. The minimum absolute atomic E-state index is 0.117. The smallest absolute Gasteiger partial charge is 0.282 e. The molecule has 6 heteroatoms. The molecule has 0 spiro atoms. The zero-order valence-corrected chi connectivity index (χ0v) is 11.5. The van der Waals surface area contributed by atoms with E-state index < -0.39 is 4.92 Å². The van der Waals surface area contributed by atoms with Gasteiger partial charge in [0.2, 0.25) is 0 Å². The highest BCUT2D eigenvalue weighted by molar-refractivity contribution is 5.98. The highest BCUT2D eigenvalue weighted by Crippen LogP contribution is 2.17. The predicted molar refractivity (Wildman–Crippen MR) is 75.7 cm³/mol. The summed E-state index contributed by atoms with van der Waals surface area (Å²) in [6.45, 7) is 4.68. The van der Waals surface area contributed by atoms with Gasteiger partial charge in [0.25, 0.3) is 11.6 Å². The molecule has 1 aliphatic heterocycles. The second-order valence-corrected chi connectivity index (χ2v) is 5.08. The van der Waals surface area contributed by atoms with Crippen LogP contribution in [0.2, 0.25) is 0 Å². The summed E-state index contributed by atoms with van der Waals surface area (Å²) in [6, 6.07) is 6.27. The Hall–Kier alpha value is -1.95. The first-order valence-electron chi connectivity index (χ1n) is 6.85. The Bertz CT molecular complexity index is 498. The fraction of sp³-hybridized carbons (Fsp3) is 0.500. The zero-order valence-electron chi connectivity index (χ0n) is 11.5. The number of para-hydroxylation sites is 1. The maximum atomic E-state index is 12.1. The van der Waals surface area contributed by atoms with Crippen molar-refractivity contribution in [1.29, 1.82) is 0 Å². The van der Waals surface area contributed by atoms with Crippen LogP contribution in [0, 0.1) is 10.1 Å². The lowest BCUT2D eigenvalue weighted by Crippen LogP contribution is -2.40. The van der Waals surface area contributed by atoms with Gasteiger partial charge in [-0.3, -0.25) is 19.8 Å². The summed E-state index contributed by atoms with van der Waals surface area (Å²) >= 11 is 0. The van der Waals surface area contributed by atoms with Crippen LogP contribution in [0.25, 0.3) is 0 Å². The van der Waals surface area contributed by atoms with E-state index in [1.165, 1.54) is 25.0 Å². The molecule has 0 bridgehead atoms. The fourth-order valence-corrected chi connectivity index (χ4v) is 2.47. The molecule has 108 valence electrons. The third-order valence-corrected chi connectivity index (χ3v) is 3.67. The van der Waals surface area contributed by atoms with E-state index in [0.29, 0.717) is 6.54 Å². The number of carbonyl (C=O) groups is 1. The van der Waals surface area contributed by atoms with Crippen LogP contribution in [0.3, 0.4) is 0 Å². The van der Waals surface area contributed by atoms with E-state index in [9.17, 15) is 14.9 Å². The van der Waals surface area contributed by atoms with E-state index in [4.69, 9.17) is 0 Å². The van der Waals surface area contributed by atoms with Crippen LogP contribution in [0.15, 0.2) is 24.3 Å². The first-order valence-corrected chi connectivity index (χ1v) is 6.85. The van der Waals surface area contributed by atoms with Crippen molar-refractivity contribution in [2.24, 2.45) is 0 Å². The Labute approximate surface area is 117 Å². The lowest BCUT2D eigenvalue weighted by Gasteiger charge is -2.23. The lowest BCUT2D eigenvalue weighted by molar-refractivity contribution is -0.385. The molecule has 0 saturated carbocycles. The summed E-state index contributed by atoms with van der Waals surface area (Å²) in [5.74, 6) is -0.386. The van der Waals surface area contributed by atoms with Crippen LogP contribution in [-0.2, 0) is 0 Å². The highest BCUT2D eigenvalue weighted by atomic mass is 16.6. The van der Waals surface area contributed by atoms with Crippen LogP contribution >= 0.6 is 0 Å². The topological polar surface area (TPSA) is 75.5 Å². The van der Waals surface area contributed by atoms with Crippen molar-refractivity contribution in [3.05, 3.63) is 39.9 Å². The first kappa shape index (κ1) is 14.5. The van der Waals surface area contributed by atoms with Crippen molar-refractivity contribution < 1.29 is 9.72 Å². The molecule has 20 heavy (non-hydrogen) atoms. The molecule has 1 N–H and O–H groups in total. The molecule has 6 nitrogen and oxygen atoms in total. The van der Waals surface area contributed by atoms with Gasteiger partial charge in [-0.2, -0.15) is 0 Å². The Morgan fingerprint density at radius 3 is 2.70 bits per heavy atom. The Morgan fingerprint density at radius 1 is 1.40 bits per heavy atom. The van der Waals surface area contributed by atoms with Crippen molar-refractivity contribution in [2.75, 3.05) is 19.6 Å². The van der Waals surface area contributed by atoms with E-state index in [1.807, 2.05) is 0 Å². The number of nitrogens with zero attached hydrogens (tertiary/aromatic N) is 2. The van der Waals surface area contributed by atoms with E-state index in [-0.39, 0.29) is 23.2 Å². The van der Waals surface area contributed by atoms with Gasteiger partial charge in [-0.1, -0.05) is 12.1 Å². The number of nitro benzene ring substituents is 1. The first-order chi connectivity index (χ1) is 9.59. The summed E-state index contributed by atoms with van der Waals surface area (Å²) in [5.41, 5.74) is -0.0371. The van der Waals surface area contributed by atoms with Crippen molar-refractivity contribution in [3.63, 3.8) is 0 Å². The molecule has 1 atom stereocenters. The zero-order chi connectivity index (χ0) is 14.5. The van der Waals surface area contributed by atoms with Crippen LogP contribution in [0.4, 0.5) is 5.69 Å². The van der Waals surface area contributed by atoms with Crippen LogP contribution < -0.4 is 5.32 Å². The normalized spacial score (nSPS) is 16.9. The Kier molecular flexibility index (Phi) is 4.68. The van der Waals surface area contributed by atoms with Crippen molar-refractivity contribution >= 4 is 11.6 Å². The standard InChI is InChI=1S/C14H19N3O3/c1-11(16-8-4-5-9-16)10-15-14(18)12-6-2-3-7-13(12)17(19)20/h2-3,6-7,11H,4-5,8-10H2,1H3,(H,15,18). The van der Waals surface area contributed by atoms with Gasteiger partial charge in [0.15, 0.2) is 0 Å². The number of nitro groups is 1. The quantitative estimate of drug-likeness (QED) is 0.658. The number of benzene rings is 1. The van der Waals surface area contributed by atoms with Crippen molar-refractivity contribution in [2.45, 2.75) is 25.8 Å². The summed E-state index contributed by atoms with van der Waals surface area (Å²) in [5, 5.41) is 13.7. The molecule has 0 radical (unpaired) electrons. The summed E-state index contributed by atoms with van der Waals surface area (Å²) in [7, 11) is 0. The SMILES string of the molecule is CC(CNC(=O)c1ccccc1[N+](=O)[O-])N1CCCC1. The minimum Gasteiger partial charge on any atom is -0.350 e. The number of rotatable bonds is 5. The Balaban J connectivity index is 1.96. The van der Waals surface area contributed by atoms with Gasteiger partial charge in [-0.15, -0.1) is 0 Å². The largest absolute Gasteiger partial charge is 0.350 e. The number of nitrogens with one attached hydrogen (secondary N) is 1. The maximum absolute atomic E-state index is 12.1. The molecular formula is C14H19N3O3. The summed E-state index contributed by atoms with van der Waals surface area (Å²) < 4.78 is 0. The minimum atomic E-state index is -0.529. The molecule has 1 amide bonds. The monoisotopic (exact) mass is 277 g/mol. The number of hydrogen-bond acceptors (Lipinski definition) is 4. The molecule has 1 aliphatic rings. The average molecular weight is 277 g/mol. The molecule has 2 rings (SSSR count). The van der Waals surface area contributed by atoms with Gasteiger partial charge in [0.05, 0.1) is 4.92 Å². The van der Waals surface area contributed by atoms with Gasteiger partial charge >= 0.3 is 0 Å². The van der Waals surface area contributed by atoms with E-state index in [1.54, 1.807) is 12.1 Å². The van der Waals surface area contributed by atoms with Crippen molar-refractivity contribution in [3.8, 4) is 0 Å². The molecule has 0 aromatic heterocycles. The molecule has 1 unspecified atom stereocenters. The number of likely N-dealkylation sites (tertiary alicyclic amines) is 1. The second-order valence-electron chi connectivity index (χ2n) is 5.08. The molecule has 1 heterocycles.